The van der Waals surface area contributed by atoms with Gasteiger partial charge in [0.1, 0.15) is 5.82 Å². The second-order valence-electron chi connectivity index (χ2n) is 7.75. The number of amides is 1. The quantitative estimate of drug-likeness (QED) is 0.226. The highest BCUT2D eigenvalue weighted by Gasteiger charge is 2.13. The molecule has 2 aromatic heterocycles. The van der Waals surface area contributed by atoms with Crippen LogP contribution in [0.15, 0.2) is 89.5 Å². The lowest BCUT2D eigenvalue weighted by Gasteiger charge is -2.12. The van der Waals surface area contributed by atoms with Crippen LogP contribution in [0.4, 0.5) is 11.5 Å². The van der Waals surface area contributed by atoms with Gasteiger partial charge in [-0.05, 0) is 57.9 Å². The van der Waals surface area contributed by atoms with Crippen LogP contribution in [0.5, 0.6) is 0 Å². The number of carbonyl (C=O) groups excluding carboxylic acids is 1. The minimum Gasteiger partial charge on any atom is -0.366 e. The van der Waals surface area contributed by atoms with Crippen molar-refractivity contribution in [2.24, 2.45) is 0 Å². The molecule has 0 aliphatic heterocycles. The number of carbonyl (C=O) groups is 1. The van der Waals surface area contributed by atoms with Crippen molar-refractivity contribution in [2.75, 3.05) is 10.6 Å². The van der Waals surface area contributed by atoms with Crippen molar-refractivity contribution in [1.29, 1.82) is 0 Å². The molecule has 2 N–H and O–H groups in total. The van der Waals surface area contributed by atoms with E-state index in [4.69, 9.17) is 28.2 Å². The predicted octanol–water partition coefficient (Wildman–Crippen LogP) is 7.33. The highest BCUT2D eigenvalue weighted by molar-refractivity contribution is 9.10. The number of hydrogen-bond acceptors (Lipinski definition) is 4. The molecular formula is C26H18BrCl2N5O. The van der Waals surface area contributed by atoms with Crippen LogP contribution >= 0.6 is 39.1 Å². The summed E-state index contributed by atoms with van der Waals surface area (Å²) in [5, 5.41) is 11.9. The largest absolute Gasteiger partial charge is 0.366 e. The summed E-state index contributed by atoms with van der Waals surface area (Å²) >= 11 is 15.9. The van der Waals surface area contributed by atoms with Gasteiger partial charge in [-0.1, -0.05) is 59.6 Å². The zero-order chi connectivity index (χ0) is 24.4. The average Bonchev–Trinajstić information content (AvgIpc) is 3.24. The van der Waals surface area contributed by atoms with Crippen LogP contribution < -0.4 is 10.6 Å². The van der Waals surface area contributed by atoms with Gasteiger partial charge in [0.15, 0.2) is 5.65 Å². The van der Waals surface area contributed by atoms with E-state index in [1.807, 2.05) is 54.6 Å². The molecule has 0 atom stereocenters. The number of rotatable bonds is 6. The molecule has 6 nitrogen and oxygen atoms in total. The highest BCUT2D eigenvalue weighted by atomic mass is 79.9. The lowest BCUT2D eigenvalue weighted by atomic mass is 10.1. The fourth-order valence-corrected chi connectivity index (χ4v) is 4.37. The number of nitrogens with zero attached hydrogens (tertiary/aromatic N) is 3. The summed E-state index contributed by atoms with van der Waals surface area (Å²) in [4.78, 5) is 17.2. The minimum atomic E-state index is -0.214. The summed E-state index contributed by atoms with van der Waals surface area (Å²) in [5.41, 5.74) is 4.50. The zero-order valence-corrected chi connectivity index (χ0v) is 21.3. The van der Waals surface area contributed by atoms with E-state index in [1.54, 1.807) is 35.0 Å². The third-order valence-corrected chi connectivity index (χ3v) is 6.47. The molecule has 0 aliphatic rings. The third kappa shape index (κ3) is 5.17. The van der Waals surface area contributed by atoms with Crippen molar-refractivity contribution in [3.05, 3.63) is 111 Å². The number of fused-ring (bicyclic) bond motifs is 1. The van der Waals surface area contributed by atoms with Gasteiger partial charge in [-0.2, -0.15) is 9.61 Å². The molecule has 174 valence electrons. The third-order valence-electron chi connectivity index (χ3n) is 5.35. The molecule has 0 bridgehead atoms. The van der Waals surface area contributed by atoms with E-state index >= 15 is 0 Å². The zero-order valence-electron chi connectivity index (χ0n) is 18.2. The summed E-state index contributed by atoms with van der Waals surface area (Å²) in [7, 11) is 0. The van der Waals surface area contributed by atoms with E-state index < -0.39 is 0 Å². The number of hydrogen-bond donors (Lipinski definition) is 2. The summed E-state index contributed by atoms with van der Waals surface area (Å²) in [6.07, 6.45) is 1.71. The number of benzene rings is 3. The smallest absolute Gasteiger partial charge is 0.255 e. The average molecular weight is 567 g/mol. The van der Waals surface area contributed by atoms with Crippen LogP contribution in [0.1, 0.15) is 15.9 Å². The van der Waals surface area contributed by atoms with E-state index in [0.717, 1.165) is 27.1 Å². The van der Waals surface area contributed by atoms with Gasteiger partial charge in [0.05, 0.1) is 16.4 Å². The molecule has 9 heteroatoms. The Balaban J connectivity index is 1.34. The molecule has 0 saturated carbocycles. The molecular weight excluding hydrogens is 549 g/mol. The molecule has 5 rings (SSSR count). The Labute approximate surface area is 220 Å². The fourth-order valence-electron chi connectivity index (χ4n) is 3.60. The molecule has 0 saturated heterocycles. The Morgan fingerprint density at radius 3 is 2.54 bits per heavy atom. The van der Waals surface area contributed by atoms with Gasteiger partial charge >= 0.3 is 0 Å². The van der Waals surface area contributed by atoms with Gasteiger partial charge in [0.2, 0.25) is 0 Å². The topological polar surface area (TPSA) is 71.3 Å². The molecule has 3 aromatic carbocycles. The van der Waals surface area contributed by atoms with Gasteiger partial charge in [-0.15, -0.1) is 0 Å². The molecule has 2 heterocycles. The van der Waals surface area contributed by atoms with E-state index in [1.165, 1.54) is 0 Å². The van der Waals surface area contributed by atoms with E-state index in [-0.39, 0.29) is 5.91 Å². The van der Waals surface area contributed by atoms with Crippen molar-refractivity contribution in [1.82, 2.24) is 14.6 Å². The molecule has 0 aliphatic carbocycles. The standard InChI is InChI=1S/C26H18BrCl2N5O/c27-21-15-31-34-24(13-23(33-25(21)34)20-6-1-2-7-22(20)29)30-14-16-8-10-19(11-9-16)32-26(35)17-4-3-5-18(28)12-17/h1-13,15,30H,14H2,(H,32,35). The van der Waals surface area contributed by atoms with E-state index in [0.29, 0.717) is 33.5 Å². The van der Waals surface area contributed by atoms with Gasteiger partial charge in [-0.25, -0.2) is 4.98 Å². The van der Waals surface area contributed by atoms with Gasteiger partial charge in [0.25, 0.3) is 5.91 Å². The van der Waals surface area contributed by atoms with Crippen molar-refractivity contribution >= 4 is 62.2 Å². The van der Waals surface area contributed by atoms with Gasteiger partial charge in [-0.3, -0.25) is 4.79 Å². The van der Waals surface area contributed by atoms with Crippen molar-refractivity contribution < 1.29 is 4.79 Å². The summed E-state index contributed by atoms with van der Waals surface area (Å²) in [5.74, 6) is 0.558. The Morgan fingerprint density at radius 1 is 0.971 bits per heavy atom. The van der Waals surface area contributed by atoms with Crippen molar-refractivity contribution in [2.45, 2.75) is 6.54 Å². The van der Waals surface area contributed by atoms with E-state index in [9.17, 15) is 4.79 Å². The summed E-state index contributed by atoms with van der Waals surface area (Å²) < 4.78 is 2.53. The Bertz CT molecular complexity index is 1540. The second kappa shape index (κ2) is 10.1. The lowest BCUT2D eigenvalue weighted by molar-refractivity contribution is 0.102. The van der Waals surface area contributed by atoms with Gasteiger partial charge in [0, 0.05) is 39.5 Å². The minimum absolute atomic E-state index is 0.214. The molecule has 0 spiro atoms. The molecule has 0 radical (unpaired) electrons. The maximum Gasteiger partial charge on any atom is 0.255 e. The Morgan fingerprint density at radius 2 is 1.77 bits per heavy atom. The first kappa shape index (κ1) is 23.4. The number of halogens is 3. The second-order valence-corrected chi connectivity index (χ2v) is 9.45. The van der Waals surface area contributed by atoms with Crippen LogP contribution in [0.2, 0.25) is 10.0 Å². The maximum absolute atomic E-state index is 12.5. The Hall–Kier alpha value is -3.39. The normalized spacial score (nSPS) is 10.9. The van der Waals surface area contributed by atoms with E-state index in [2.05, 4.69) is 31.7 Å². The molecule has 5 aromatic rings. The van der Waals surface area contributed by atoms with Crippen LogP contribution in [0.3, 0.4) is 0 Å². The predicted molar refractivity (Wildman–Crippen MR) is 144 cm³/mol. The maximum atomic E-state index is 12.5. The lowest BCUT2D eigenvalue weighted by Crippen LogP contribution is -2.12. The number of aromatic nitrogens is 3. The summed E-state index contributed by atoms with van der Waals surface area (Å²) in [6, 6.07) is 24.0. The summed E-state index contributed by atoms with van der Waals surface area (Å²) in [6.45, 7) is 0.543. The van der Waals surface area contributed by atoms with Crippen LogP contribution in [-0.2, 0) is 6.54 Å². The van der Waals surface area contributed by atoms with Crippen molar-refractivity contribution in [3.63, 3.8) is 0 Å². The van der Waals surface area contributed by atoms with Crippen molar-refractivity contribution in [3.8, 4) is 11.3 Å². The molecule has 0 unspecified atom stereocenters. The first-order valence-corrected chi connectivity index (χ1v) is 12.2. The SMILES string of the molecule is O=C(Nc1ccc(CNc2cc(-c3ccccc3Cl)nc3c(Br)cnn23)cc1)c1cccc(Cl)c1. The fraction of sp³-hybridized carbons (Fsp3) is 0.0385. The molecule has 35 heavy (non-hydrogen) atoms. The Kier molecular flexibility index (Phi) is 6.72. The number of nitrogens with one attached hydrogen (secondary N) is 2. The molecule has 0 fully saturated rings. The highest BCUT2D eigenvalue weighted by Crippen LogP contribution is 2.30. The molecule has 1 amide bonds. The first-order chi connectivity index (χ1) is 17.0. The first-order valence-electron chi connectivity index (χ1n) is 10.7. The number of anilines is 2. The monoisotopic (exact) mass is 565 g/mol. The van der Waals surface area contributed by atoms with Crippen LogP contribution in [-0.4, -0.2) is 20.5 Å². The van der Waals surface area contributed by atoms with Crippen LogP contribution in [0, 0.1) is 0 Å². The van der Waals surface area contributed by atoms with Crippen LogP contribution in [0.25, 0.3) is 16.9 Å². The van der Waals surface area contributed by atoms with Gasteiger partial charge < -0.3 is 10.6 Å².